The van der Waals surface area contributed by atoms with E-state index in [1.165, 1.54) is 0 Å². The van der Waals surface area contributed by atoms with Crippen LogP contribution in [0.5, 0.6) is 23.0 Å². The fraction of sp³-hybridized carbons (Fsp3) is 0.484. The number of methoxy groups -OCH3 is 1. The number of pyridine rings is 1. The van der Waals surface area contributed by atoms with E-state index in [0.717, 1.165) is 49.7 Å². The van der Waals surface area contributed by atoms with Crippen LogP contribution in [-0.2, 0) is 0 Å². The molecule has 1 fully saturated rings. The third kappa shape index (κ3) is 8.22. The number of nitrogens with zero attached hydrogens (tertiary/aromatic N) is 2. The number of benzene rings is 2. The van der Waals surface area contributed by atoms with E-state index in [0.29, 0.717) is 41.8 Å². The summed E-state index contributed by atoms with van der Waals surface area (Å²) in [6.45, 7) is 9.74. The number of aromatic nitrogens is 1. The maximum absolute atomic E-state index is 12.2. The first kappa shape index (κ1) is 29.4. The van der Waals surface area contributed by atoms with Crippen molar-refractivity contribution in [3.8, 4) is 23.0 Å². The van der Waals surface area contributed by atoms with Gasteiger partial charge in [0.1, 0.15) is 11.5 Å². The topological polar surface area (TPSA) is 105 Å². The molecule has 2 heterocycles. The highest BCUT2D eigenvalue weighted by Gasteiger charge is 2.23. The number of carbonyl (C=O) groups excluding carboxylic acids is 1. The number of hydrogen-bond donors (Lipinski definition) is 3. The van der Waals surface area contributed by atoms with Gasteiger partial charge in [-0.3, -0.25) is 9.88 Å². The summed E-state index contributed by atoms with van der Waals surface area (Å²) in [5.41, 5.74) is 1.58. The van der Waals surface area contributed by atoms with E-state index in [9.17, 15) is 9.90 Å². The van der Waals surface area contributed by atoms with Crippen LogP contribution in [0.4, 0.5) is 10.5 Å². The van der Waals surface area contributed by atoms with Crippen molar-refractivity contribution in [2.24, 2.45) is 5.41 Å². The highest BCUT2D eigenvalue weighted by atomic mass is 16.5. The Morgan fingerprint density at radius 3 is 2.65 bits per heavy atom. The first-order valence-corrected chi connectivity index (χ1v) is 14.0. The summed E-state index contributed by atoms with van der Waals surface area (Å²) in [4.78, 5) is 19.0. The zero-order valence-corrected chi connectivity index (χ0v) is 24.0. The van der Waals surface area contributed by atoms with Crippen LogP contribution in [0.15, 0.2) is 48.7 Å². The van der Waals surface area contributed by atoms with Crippen molar-refractivity contribution < 1.29 is 24.1 Å². The molecule has 9 heteroatoms. The van der Waals surface area contributed by atoms with Crippen molar-refractivity contribution >= 4 is 22.6 Å². The van der Waals surface area contributed by atoms with Crippen LogP contribution in [0.2, 0.25) is 0 Å². The van der Waals surface area contributed by atoms with Gasteiger partial charge in [-0.15, -0.1) is 0 Å². The van der Waals surface area contributed by atoms with Gasteiger partial charge >= 0.3 is 6.03 Å². The van der Waals surface area contributed by atoms with Crippen molar-refractivity contribution in [2.45, 2.75) is 52.5 Å². The first-order valence-electron chi connectivity index (χ1n) is 14.0. The van der Waals surface area contributed by atoms with Crippen molar-refractivity contribution in [1.82, 2.24) is 15.2 Å². The van der Waals surface area contributed by atoms with Gasteiger partial charge in [-0.1, -0.05) is 20.8 Å². The predicted octanol–water partition coefficient (Wildman–Crippen LogP) is 5.82. The molecule has 9 nitrogen and oxygen atoms in total. The van der Waals surface area contributed by atoms with Crippen LogP contribution in [0, 0.1) is 5.41 Å². The Hall–Kier alpha value is -3.56. The Kier molecular flexibility index (Phi) is 10.1. The van der Waals surface area contributed by atoms with E-state index >= 15 is 0 Å². The number of rotatable bonds is 12. The van der Waals surface area contributed by atoms with Crippen LogP contribution in [0.25, 0.3) is 10.9 Å². The summed E-state index contributed by atoms with van der Waals surface area (Å²) >= 11 is 0. The first-order chi connectivity index (χ1) is 19.3. The molecule has 0 radical (unpaired) electrons. The molecule has 1 saturated heterocycles. The number of likely N-dealkylation sites (tertiary alicyclic amines) is 1. The molecule has 40 heavy (non-hydrogen) atoms. The molecule has 3 N–H and O–H groups in total. The average Bonchev–Trinajstić information content (AvgIpc) is 3.39. The van der Waals surface area contributed by atoms with Gasteiger partial charge in [-0.2, -0.15) is 0 Å². The molecule has 2 amide bonds. The van der Waals surface area contributed by atoms with Crippen molar-refractivity contribution in [1.29, 1.82) is 0 Å². The number of nitrogens with one attached hydrogen (secondary N) is 2. The van der Waals surface area contributed by atoms with Gasteiger partial charge in [-0.05, 0) is 74.0 Å². The number of urea groups is 1. The van der Waals surface area contributed by atoms with Gasteiger partial charge in [0.05, 0.1) is 25.8 Å². The van der Waals surface area contributed by atoms with Gasteiger partial charge in [0.25, 0.3) is 0 Å². The third-order valence-electron chi connectivity index (χ3n) is 7.04. The molecule has 1 aliphatic rings. The second-order valence-electron chi connectivity index (χ2n) is 11.4. The fourth-order valence-corrected chi connectivity index (χ4v) is 4.80. The highest BCUT2D eigenvalue weighted by Crippen LogP contribution is 2.37. The number of amides is 2. The molecule has 0 bridgehead atoms. The summed E-state index contributed by atoms with van der Waals surface area (Å²) in [5.74, 6) is 2.51. The summed E-state index contributed by atoms with van der Waals surface area (Å²) in [7, 11) is 1.62. The van der Waals surface area contributed by atoms with Crippen molar-refractivity contribution in [3.63, 3.8) is 0 Å². The zero-order valence-electron chi connectivity index (χ0n) is 24.0. The second kappa shape index (κ2) is 13.7. The molecule has 1 aromatic heterocycles. The molecule has 0 aliphatic carbocycles. The van der Waals surface area contributed by atoms with Crippen LogP contribution in [-0.4, -0.2) is 67.0 Å². The molecule has 4 rings (SSSR count). The minimum atomic E-state index is -0.228. The SMILES string of the molecule is COc1cc2c(Oc3ccc(NC(=O)NCCC(C)(C)C)cc3)ccnc2cc1OCCCN1CCC[C@H]1CO. The zero-order chi connectivity index (χ0) is 28.5. The highest BCUT2D eigenvalue weighted by molar-refractivity contribution is 5.89. The monoisotopic (exact) mass is 550 g/mol. The maximum atomic E-state index is 12.2. The van der Waals surface area contributed by atoms with Crippen molar-refractivity contribution in [2.75, 3.05) is 45.3 Å². The number of aliphatic hydroxyl groups is 1. The molecule has 1 atom stereocenters. The van der Waals surface area contributed by atoms with Crippen LogP contribution in [0.3, 0.4) is 0 Å². The average molecular weight is 551 g/mol. The van der Waals surface area contributed by atoms with E-state index < -0.39 is 0 Å². The van der Waals surface area contributed by atoms with Crippen LogP contribution < -0.4 is 24.8 Å². The summed E-state index contributed by atoms with van der Waals surface area (Å²) in [6, 6.07) is 12.8. The van der Waals surface area contributed by atoms with Gasteiger partial charge in [0.2, 0.25) is 0 Å². The Bertz CT molecular complexity index is 1260. The standard InChI is InChI=1S/C31H42N4O5/c1-31(2,3)13-15-33-30(37)34-22-8-10-24(11-9-22)40-27-12-14-32-26-20-29(28(38-4)19-25(26)27)39-18-6-17-35-16-5-7-23(35)21-36/h8-12,14,19-20,23,36H,5-7,13,15-18,21H2,1-4H3,(H2,33,34,37)/t23-/m0/s1. The predicted molar refractivity (Wildman–Crippen MR) is 158 cm³/mol. The Morgan fingerprint density at radius 2 is 1.93 bits per heavy atom. The lowest BCUT2D eigenvalue weighted by atomic mass is 9.92. The molecular weight excluding hydrogens is 508 g/mol. The number of carbonyl (C=O) groups is 1. The van der Waals surface area contributed by atoms with Gasteiger partial charge in [0, 0.05) is 42.5 Å². The largest absolute Gasteiger partial charge is 0.493 e. The lowest BCUT2D eigenvalue weighted by Gasteiger charge is -2.22. The molecular formula is C31H42N4O5. The smallest absolute Gasteiger partial charge is 0.319 e. The minimum absolute atomic E-state index is 0.167. The minimum Gasteiger partial charge on any atom is -0.493 e. The fourth-order valence-electron chi connectivity index (χ4n) is 4.80. The van der Waals surface area contributed by atoms with E-state index in [1.54, 1.807) is 25.4 Å². The van der Waals surface area contributed by atoms with Crippen LogP contribution in [0.1, 0.15) is 46.5 Å². The summed E-state index contributed by atoms with van der Waals surface area (Å²) in [6.07, 6.45) is 5.65. The number of aliphatic hydroxyl groups excluding tert-OH is 1. The van der Waals surface area contributed by atoms with E-state index in [2.05, 4.69) is 41.3 Å². The van der Waals surface area contributed by atoms with Gasteiger partial charge in [0.15, 0.2) is 11.5 Å². The normalized spacial score (nSPS) is 15.7. The molecule has 1 aliphatic heterocycles. The number of hydrogen-bond acceptors (Lipinski definition) is 7. The molecule has 0 saturated carbocycles. The maximum Gasteiger partial charge on any atom is 0.319 e. The van der Waals surface area contributed by atoms with Crippen molar-refractivity contribution in [3.05, 3.63) is 48.7 Å². The van der Waals surface area contributed by atoms with E-state index in [-0.39, 0.29) is 24.1 Å². The Morgan fingerprint density at radius 1 is 1.12 bits per heavy atom. The molecule has 0 unspecified atom stereocenters. The lowest BCUT2D eigenvalue weighted by molar-refractivity contribution is 0.150. The molecule has 2 aromatic carbocycles. The van der Waals surface area contributed by atoms with E-state index in [1.807, 2.05) is 30.3 Å². The molecule has 3 aromatic rings. The van der Waals surface area contributed by atoms with Gasteiger partial charge in [-0.25, -0.2) is 4.79 Å². The third-order valence-corrected chi connectivity index (χ3v) is 7.04. The Labute approximate surface area is 236 Å². The second-order valence-corrected chi connectivity index (χ2v) is 11.4. The van der Waals surface area contributed by atoms with Gasteiger partial charge < -0.3 is 30.0 Å². The number of ether oxygens (including phenoxy) is 3. The summed E-state index contributed by atoms with van der Waals surface area (Å²) in [5, 5.41) is 16.1. The number of fused-ring (bicyclic) bond motifs is 1. The lowest BCUT2D eigenvalue weighted by Crippen LogP contribution is -2.33. The van der Waals surface area contributed by atoms with E-state index in [4.69, 9.17) is 14.2 Å². The number of anilines is 1. The molecule has 216 valence electrons. The Balaban J connectivity index is 1.36. The quantitative estimate of drug-likeness (QED) is 0.244. The summed E-state index contributed by atoms with van der Waals surface area (Å²) < 4.78 is 17.9. The molecule has 0 spiro atoms. The van der Waals surface area contributed by atoms with Crippen LogP contribution >= 0.6 is 0 Å².